The van der Waals surface area contributed by atoms with Gasteiger partial charge in [0, 0.05) is 0 Å². The number of hydrogen-bond donors (Lipinski definition) is 1. The molecule has 0 aliphatic heterocycles. The lowest BCUT2D eigenvalue weighted by molar-refractivity contribution is -0.123. The molecule has 0 heterocycles. The number of nitrogens with one attached hydrogen (secondary N) is 1. The maximum absolute atomic E-state index is 12.2. The molecular weight excluding hydrogens is 348 g/mol. The largest absolute Gasteiger partial charge is 0.483 e. The van der Waals surface area contributed by atoms with Crippen molar-refractivity contribution in [3.8, 4) is 5.75 Å². The van der Waals surface area contributed by atoms with E-state index in [9.17, 15) is 4.79 Å². The van der Waals surface area contributed by atoms with Gasteiger partial charge in [0.25, 0.3) is 5.91 Å². The number of aryl methyl sites for hydroxylation is 1. The summed E-state index contributed by atoms with van der Waals surface area (Å²) >= 11 is 0. The molecule has 0 radical (unpaired) electrons. The summed E-state index contributed by atoms with van der Waals surface area (Å²) in [6, 6.07) is 14.3. The van der Waals surface area contributed by atoms with Crippen LogP contribution in [-0.4, -0.2) is 18.2 Å². The third-order valence-corrected chi connectivity index (χ3v) is 4.67. The second kappa shape index (κ2) is 9.05. The van der Waals surface area contributed by atoms with Crippen LogP contribution in [0.1, 0.15) is 69.7 Å². The first-order valence-corrected chi connectivity index (χ1v) is 9.75. The van der Waals surface area contributed by atoms with Crippen molar-refractivity contribution >= 4 is 11.6 Å². The Balaban J connectivity index is 1.97. The molecule has 1 N–H and O–H groups in total. The minimum atomic E-state index is -0.276. The van der Waals surface area contributed by atoms with Gasteiger partial charge in [-0.05, 0) is 53.5 Å². The maximum atomic E-state index is 12.2. The summed E-state index contributed by atoms with van der Waals surface area (Å²) < 4.78 is 5.75. The Morgan fingerprint density at radius 3 is 2.32 bits per heavy atom. The number of benzene rings is 2. The predicted octanol–water partition coefficient (Wildman–Crippen LogP) is 5.34. The maximum Gasteiger partial charge on any atom is 0.277 e. The van der Waals surface area contributed by atoms with Gasteiger partial charge >= 0.3 is 0 Å². The third kappa shape index (κ3) is 5.95. The molecule has 0 aliphatic rings. The van der Waals surface area contributed by atoms with Crippen LogP contribution in [-0.2, 0) is 10.2 Å². The van der Waals surface area contributed by atoms with Gasteiger partial charge in [0.1, 0.15) is 5.75 Å². The predicted molar refractivity (Wildman–Crippen MR) is 116 cm³/mol. The van der Waals surface area contributed by atoms with Crippen molar-refractivity contribution in [2.24, 2.45) is 5.10 Å². The number of carbonyl (C=O) groups excluding carboxylic acids is 1. The van der Waals surface area contributed by atoms with E-state index in [1.165, 1.54) is 5.56 Å². The number of carbonyl (C=O) groups is 1. The molecule has 2 aromatic carbocycles. The van der Waals surface area contributed by atoms with Gasteiger partial charge < -0.3 is 4.74 Å². The lowest BCUT2D eigenvalue weighted by Crippen LogP contribution is -2.26. The molecule has 0 aliphatic carbocycles. The molecule has 0 atom stereocenters. The van der Waals surface area contributed by atoms with Gasteiger partial charge in [-0.15, -0.1) is 0 Å². The Labute approximate surface area is 169 Å². The Morgan fingerprint density at radius 2 is 1.75 bits per heavy atom. The lowest BCUT2D eigenvalue weighted by atomic mass is 9.86. The van der Waals surface area contributed by atoms with E-state index in [0.717, 1.165) is 28.2 Å². The molecule has 150 valence electrons. The molecule has 4 heteroatoms. The summed E-state index contributed by atoms with van der Waals surface area (Å²) in [6.45, 7) is 14.6. The summed E-state index contributed by atoms with van der Waals surface area (Å²) in [5.74, 6) is 0.806. The number of hydrazone groups is 1. The number of ether oxygens (including phenoxy) is 1. The molecule has 0 bridgehead atoms. The van der Waals surface area contributed by atoms with Gasteiger partial charge in [0.15, 0.2) is 6.61 Å². The standard InChI is InChI=1S/C24H32N2O2/c1-16(2)21-13-8-17(3)14-22(21)28-15-23(27)26-25-18(4)19-9-11-20(12-10-19)24(5,6)7/h8-14,16H,15H2,1-7H3,(H,26,27). The minimum Gasteiger partial charge on any atom is -0.483 e. The van der Waals surface area contributed by atoms with E-state index in [-0.39, 0.29) is 17.9 Å². The summed E-state index contributed by atoms with van der Waals surface area (Å²) in [7, 11) is 0. The van der Waals surface area contributed by atoms with Crippen LogP contribution in [0.25, 0.3) is 0 Å². The summed E-state index contributed by atoms with van der Waals surface area (Å²) in [5, 5.41) is 4.21. The highest BCUT2D eigenvalue weighted by molar-refractivity contribution is 5.99. The van der Waals surface area contributed by atoms with E-state index in [0.29, 0.717) is 5.92 Å². The van der Waals surface area contributed by atoms with E-state index < -0.39 is 0 Å². The number of hydrogen-bond acceptors (Lipinski definition) is 3. The highest BCUT2D eigenvalue weighted by Crippen LogP contribution is 2.27. The highest BCUT2D eigenvalue weighted by Gasteiger charge is 2.13. The zero-order valence-electron chi connectivity index (χ0n) is 18.1. The number of amides is 1. The van der Waals surface area contributed by atoms with E-state index in [2.05, 4.69) is 69.4 Å². The first kappa shape index (κ1) is 21.7. The van der Waals surface area contributed by atoms with Crippen LogP contribution in [0, 0.1) is 6.92 Å². The van der Waals surface area contributed by atoms with E-state index in [4.69, 9.17) is 4.74 Å². The van der Waals surface area contributed by atoms with Crippen molar-refractivity contribution < 1.29 is 9.53 Å². The van der Waals surface area contributed by atoms with Crippen molar-refractivity contribution in [3.63, 3.8) is 0 Å². The molecule has 28 heavy (non-hydrogen) atoms. The molecule has 0 aromatic heterocycles. The number of nitrogens with zero attached hydrogens (tertiary/aromatic N) is 1. The van der Waals surface area contributed by atoms with Gasteiger partial charge in [-0.25, -0.2) is 5.43 Å². The van der Waals surface area contributed by atoms with E-state index in [1.54, 1.807) is 0 Å². The first-order valence-electron chi connectivity index (χ1n) is 9.75. The van der Waals surface area contributed by atoms with Crippen molar-refractivity contribution in [3.05, 3.63) is 64.7 Å². The Hall–Kier alpha value is -2.62. The summed E-state index contributed by atoms with van der Waals surface area (Å²) in [4.78, 5) is 12.2. The lowest BCUT2D eigenvalue weighted by Gasteiger charge is -2.19. The SMILES string of the molecule is CC(=NNC(=O)COc1cc(C)ccc1C(C)C)c1ccc(C(C)(C)C)cc1. The van der Waals surface area contributed by atoms with Crippen LogP contribution in [0.15, 0.2) is 47.6 Å². The van der Waals surface area contributed by atoms with Gasteiger partial charge in [0.2, 0.25) is 0 Å². The molecule has 4 nitrogen and oxygen atoms in total. The van der Waals surface area contributed by atoms with Crippen LogP contribution < -0.4 is 10.2 Å². The van der Waals surface area contributed by atoms with Crippen molar-refractivity contribution in [1.29, 1.82) is 0 Å². The summed E-state index contributed by atoms with van der Waals surface area (Å²) in [5.41, 5.74) is 7.90. The van der Waals surface area contributed by atoms with Crippen LogP contribution in [0.4, 0.5) is 0 Å². The average Bonchev–Trinajstić information content (AvgIpc) is 2.63. The molecule has 0 fully saturated rings. The molecule has 1 amide bonds. The van der Waals surface area contributed by atoms with E-state index in [1.807, 2.05) is 32.0 Å². The second-order valence-electron chi connectivity index (χ2n) is 8.54. The van der Waals surface area contributed by atoms with Crippen LogP contribution in [0.3, 0.4) is 0 Å². The molecular formula is C24H32N2O2. The minimum absolute atomic E-state index is 0.0666. The smallest absolute Gasteiger partial charge is 0.277 e. The van der Waals surface area contributed by atoms with Gasteiger partial charge in [-0.1, -0.05) is 71.0 Å². The second-order valence-corrected chi connectivity index (χ2v) is 8.54. The highest BCUT2D eigenvalue weighted by atomic mass is 16.5. The molecule has 2 aromatic rings. The van der Waals surface area contributed by atoms with Crippen molar-refractivity contribution in [1.82, 2.24) is 5.43 Å². The zero-order chi connectivity index (χ0) is 20.9. The third-order valence-electron chi connectivity index (χ3n) is 4.67. The molecule has 0 unspecified atom stereocenters. The van der Waals surface area contributed by atoms with Crippen LogP contribution >= 0.6 is 0 Å². The normalized spacial score (nSPS) is 12.2. The molecule has 2 rings (SSSR count). The fraction of sp³-hybridized carbons (Fsp3) is 0.417. The Bertz CT molecular complexity index is 844. The van der Waals surface area contributed by atoms with Gasteiger partial charge in [0.05, 0.1) is 5.71 Å². The van der Waals surface area contributed by atoms with Gasteiger partial charge in [-0.3, -0.25) is 4.79 Å². The summed E-state index contributed by atoms with van der Waals surface area (Å²) in [6.07, 6.45) is 0. The fourth-order valence-electron chi connectivity index (χ4n) is 2.84. The fourth-order valence-corrected chi connectivity index (χ4v) is 2.84. The van der Waals surface area contributed by atoms with E-state index >= 15 is 0 Å². The van der Waals surface area contributed by atoms with Crippen molar-refractivity contribution in [2.75, 3.05) is 6.61 Å². The Morgan fingerprint density at radius 1 is 1.11 bits per heavy atom. The molecule has 0 saturated heterocycles. The van der Waals surface area contributed by atoms with Crippen LogP contribution in [0.5, 0.6) is 5.75 Å². The molecule has 0 saturated carbocycles. The monoisotopic (exact) mass is 380 g/mol. The number of rotatable bonds is 6. The first-order chi connectivity index (χ1) is 13.1. The van der Waals surface area contributed by atoms with Crippen LogP contribution in [0.2, 0.25) is 0 Å². The van der Waals surface area contributed by atoms with Gasteiger partial charge in [-0.2, -0.15) is 5.10 Å². The topological polar surface area (TPSA) is 50.7 Å². The average molecular weight is 381 g/mol. The zero-order valence-corrected chi connectivity index (χ0v) is 18.1. The Kier molecular flexibility index (Phi) is 7.00. The molecule has 0 spiro atoms. The quantitative estimate of drug-likeness (QED) is 0.543. The van der Waals surface area contributed by atoms with Crippen molar-refractivity contribution in [2.45, 2.75) is 59.8 Å².